The zero-order chi connectivity index (χ0) is 9.19. The maximum Gasteiger partial charge on any atom is 0.294 e. The summed E-state index contributed by atoms with van der Waals surface area (Å²) in [5.74, 6) is 0. The first-order chi connectivity index (χ1) is 5.54. The van der Waals surface area contributed by atoms with E-state index in [1.165, 1.54) is 12.1 Å². The minimum absolute atomic E-state index is 0.0958. The molecule has 0 spiro atoms. The van der Waals surface area contributed by atoms with E-state index in [0.717, 1.165) is 5.69 Å². The van der Waals surface area contributed by atoms with Crippen LogP contribution in [0.15, 0.2) is 29.2 Å². The monoisotopic (exact) mass is 185 g/mol. The minimum atomic E-state index is -4.06. The van der Waals surface area contributed by atoms with Crippen LogP contribution in [0, 0.1) is 0 Å². The van der Waals surface area contributed by atoms with E-state index < -0.39 is 10.1 Å². The van der Waals surface area contributed by atoms with E-state index in [1.807, 2.05) is 0 Å². The molecule has 6 heteroatoms. The van der Waals surface area contributed by atoms with Gasteiger partial charge in [0.2, 0.25) is 7.98 Å². The summed E-state index contributed by atoms with van der Waals surface area (Å²) >= 11 is 0. The molecule has 0 aliphatic carbocycles. The summed E-state index contributed by atoms with van der Waals surface area (Å²) in [6.45, 7) is 0. The molecule has 0 aliphatic rings. The number of rotatable bonds is 2. The Labute approximate surface area is 71.8 Å². The molecular formula is C6H8BNO3S. The zero-order valence-electron chi connectivity index (χ0n) is 6.48. The smallest absolute Gasteiger partial charge is 0.294 e. The third-order valence-electron chi connectivity index (χ3n) is 1.44. The van der Waals surface area contributed by atoms with Crippen LogP contribution in [0.2, 0.25) is 0 Å². The number of nitrogens with one attached hydrogen (secondary N) is 1. The van der Waals surface area contributed by atoms with Crippen LogP contribution in [0.3, 0.4) is 0 Å². The van der Waals surface area contributed by atoms with Gasteiger partial charge in [-0.05, 0) is 24.3 Å². The number of hydrogen-bond donors (Lipinski definition) is 2. The molecule has 0 unspecified atom stereocenters. The van der Waals surface area contributed by atoms with Crippen molar-refractivity contribution in [3.63, 3.8) is 0 Å². The van der Waals surface area contributed by atoms with Crippen molar-refractivity contribution in [2.24, 2.45) is 0 Å². The predicted octanol–water partition coefficient (Wildman–Crippen LogP) is -0.107. The first-order valence-electron chi connectivity index (χ1n) is 3.29. The van der Waals surface area contributed by atoms with Crippen molar-refractivity contribution in [3.05, 3.63) is 24.3 Å². The van der Waals surface area contributed by atoms with Gasteiger partial charge in [-0.2, -0.15) is 8.42 Å². The maximum atomic E-state index is 10.6. The Kier molecular flexibility index (Phi) is 2.39. The Morgan fingerprint density at radius 2 is 1.75 bits per heavy atom. The molecule has 4 nitrogen and oxygen atoms in total. The average molecular weight is 185 g/mol. The highest BCUT2D eigenvalue weighted by atomic mass is 32.2. The van der Waals surface area contributed by atoms with E-state index in [2.05, 4.69) is 5.23 Å². The SMILES string of the molecule is BNc1ccc(S(=O)(=O)O)cc1. The van der Waals surface area contributed by atoms with Gasteiger partial charge in [-0.3, -0.25) is 4.55 Å². The van der Waals surface area contributed by atoms with Crippen molar-refractivity contribution in [1.82, 2.24) is 0 Å². The fraction of sp³-hybridized carbons (Fsp3) is 0. The number of anilines is 1. The molecule has 12 heavy (non-hydrogen) atoms. The third kappa shape index (κ3) is 1.99. The molecule has 0 fully saturated rings. The summed E-state index contributed by atoms with van der Waals surface area (Å²) in [6.07, 6.45) is 0. The Morgan fingerprint density at radius 3 is 2.08 bits per heavy atom. The standard InChI is InChI=1S/C6H8BNO3S/c7-8-5-1-3-6(4-2-5)12(9,10)11/h1-4,8H,7H2,(H,9,10,11). The van der Waals surface area contributed by atoms with Gasteiger partial charge >= 0.3 is 0 Å². The molecule has 2 N–H and O–H groups in total. The van der Waals surface area contributed by atoms with Gasteiger partial charge in [0.1, 0.15) is 0 Å². The van der Waals surface area contributed by atoms with Crippen LogP contribution < -0.4 is 5.23 Å². The lowest BCUT2D eigenvalue weighted by Gasteiger charge is -2.00. The molecule has 0 radical (unpaired) electrons. The molecule has 1 aromatic carbocycles. The van der Waals surface area contributed by atoms with Crippen molar-refractivity contribution < 1.29 is 13.0 Å². The Hall–Kier alpha value is -1.01. The second-order valence-corrected chi connectivity index (χ2v) is 3.67. The lowest BCUT2D eigenvalue weighted by Crippen LogP contribution is -1.98. The highest BCUT2D eigenvalue weighted by Crippen LogP contribution is 2.12. The van der Waals surface area contributed by atoms with Crippen molar-refractivity contribution in [3.8, 4) is 0 Å². The van der Waals surface area contributed by atoms with E-state index >= 15 is 0 Å². The molecule has 0 amide bonds. The summed E-state index contributed by atoms with van der Waals surface area (Å²) in [5.41, 5.74) is 0.794. The minimum Gasteiger partial charge on any atom is -0.434 e. The molecule has 0 aliphatic heterocycles. The molecule has 1 aromatic rings. The van der Waals surface area contributed by atoms with Gasteiger partial charge in [-0.25, -0.2) is 0 Å². The molecule has 0 heterocycles. The molecule has 64 valence electrons. The lowest BCUT2D eigenvalue weighted by atomic mass is 10.3. The van der Waals surface area contributed by atoms with Crippen LogP contribution in [0.5, 0.6) is 0 Å². The maximum absolute atomic E-state index is 10.6. The normalized spacial score (nSPS) is 11.1. The van der Waals surface area contributed by atoms with Crippen LogP contribution in [-0.4, -0.2) is 21.0 Å². The number of benzene rings is 1. The summed E-state index contributed by atoms with van der Waals surface area (Å²) in [7, 11) is -2.33. The highest BCUT2D eigenvalue weighted by Gasteiger charge is 2.07. The number of hydrogen-bond acceptors (Lipinski definition) is 3. The van der Waals surface area contributed by atoms with Crippen LogP contribution in [-0.2, 0) is 10.1 Å². The van der Waals surface area contributed by atoms with Crippen LogP contribution in [0.4, 0.5) is 5.69 Å². The Morgan fingerprint density at radius 1 is 1.25 bits per heavy atom. The van der Waals surface area contributed by atoms with E-state index in [0.29, 0.717) is 0 Å². The van der Waals surface area contributed by atoms with Crippen molar-refractivity contribution in [2.75, 3.05) is 5.23 Å². The van der Waals surface area contributed by atoms with Gasteiger partial charge < -0.3 is 5.23 Å². The van der Waals surface area contributed by atoms with Gasteiger partial charge in [0.25, 0.3) is 10.1 Å². The quantitative estimate of drug-likeness (QED) is 0.498. The second-order valence-electron chi connectivity index (χ2n) is 2.25. The van der Waals surface area contributed by atoms with E-state index in [1.54, 1.807) is 20.1 Å². The largest absolute Gasteiger partial charge is 0.434 e. The van der Waals surface area contributed by atoms with Crippen LogP contribution in [0.1, 0.15) is 0 Å². The Bertz CT molecular complexity index is 359. The van der Waals surface area contributed by atoms with Gasteiger partial charge in [-0.15, -0.1) is 0 Å². The van der Waals surface area contributed by atoms with Crippen LogP contribution >= 0.6 is 0 Å². The fourth-order valence-electron chi connectivity index (χ4n) is 0.794. The first kappa shape index (κ1) is 9.09. The molecule has 0 saturated carbocycles. The topological polar surface area (TPSA) is 66.4 Å². The second kappa shape index (κ2) is 3.16. The molecular weight excluding hydrogens is 177 g/mol. The fourth-order valence-corrected chi connectivity index (χ4v) is 1.27. The van der Waals surface area contributed by atoms with E-state index in [4.69, 9.17) is 4.55 Å². The van der Waals surface area contributed by atoms with Crippen molar-refractivity contribution in [1.29, 1.82) is 0 Å². The molecule has 0 aromatic heterocycles. The Balaban J connectivity index is 3.09. The summed E-state index contributed by atoms with van der Waals surface area (Å²) in [6, 6.07) is 5.81. The third-order valence-corrected chi connectivity index (χ3v) is 2.31. The van der Waals surface area contributed by atoms with Crippen molar-refractivity contribution in [2.45, 2.75) is 4.90 Å². The average Bonchev–Trinajstić information content (AvgIpc) is 2.03. The molecule has 0 saturated heterocycles. The van der Waals surface area contributed by atoms with E-state index in [-0.39, 0.29) is 4.90 Å². The summed E-state index contributed by atoms with van der Waals surface area (Å²) in [4.78, 5) is -0.0958. The van der Waals surface area contributed by atoms with Crippen LogP contribution in [0.25, 0.3) is 0 Å². The lowest BCUT2D eigenvalue weighted by molar-refractivity contribution is 0.483. The zero-order valence-corrected chi connectivity index (χ0v) is 7.30. The van der Waals surface area contributed by atoms with E-state index in [9.17, 15) is 8.42 Å². The first-order valence-corrected chi connectivity index (χ1v) is 4.73. The molecule has 0 bridgehead atoms. The summed E-state index contributed by atoms with van der Waals surface area (Å²) in [5, 5.41) is 2.83. The summed E-state index contributed by atoms with van der Waals surface area (Å²) < 4.78 is 29.7. The predicted molar refractivity (Wildman–Crippen MR) is 48.4 cm³/mol. The molecule has 1 rings (SSSR count). The molecule has 0 atom stereocenters. The van der Waals surface area contributed by atoms with Gasteiger partial charge in [-0.1, -0.05) is 0 Å². The van der Waals surface area contributed by atoms with Gasteiger partial charge in [0, 0.05) is 5.69 Å². The van der Waals surface area contributed by atoms with Gasteiger partial charge in [0.05, 0.1) is 4.90 Å². The van der Waals surface area contributed by atoms with Gasteiger partial charge in [0.15, 0.2) is 0 Å². The van der Waals surface area contributed by atoms with Crippen molar-refractivity contribution >= 4 is 23.8 Å². The highest BCUT2D eigenvalue weighted by molar-refractivity contribution is 7.85.